The van der Waals surface area contributed by atoms with Gasteiger partial charge in [-0.3, -0.25) is 9.59 Å². The normalized spacial score (nSPS) is 14.9. The van der Waals surface area contributed by atoms with E-state index in [9.17, 15) is 14.4 Å². The van der Waals surface area contributed by atoms with Gasteiger partial charge >= 0.3 is 5.63 Å². The van der Waals surface area contributed by atoms with Crippen molar-refractivity contribution in [1.82, 2.24) is 15.0 Å². The molecule has 3 rings (SSSR count). The van der Waals surface area contributed by atoms with E-state index >= 15 is 0 Å². The van der Waals surface area contributed by atoms with Gasteiger partial charge in [0.1, 0.15) is 13.3 Å². The van der Waals surface area contributed by atoms with E-state index in [2.05, 4.69) is 44.1 Å². The highest BCUT2D eigenvalue weighted by atomic mass is 28.4. The van der Waals surface area contributed by atoms with Crippen molar-refractivity contribution in [1.29, 1.82) is 0 Å². The SMILES string of the molecule is CC(=O)NCn1cc(-c2ccc(N3CCN(C(=O)CO[Si](C)(C)C(C)(C)C)CC3)cc2)c(=O)o1. The molecule has 1 aliphatic heterocycles. The minimum Gasteiger partial charge on any atom is -0.408 e. The summed E-state index contributed by atoms with van der Waals surface area (Å²) in [4.78, 5) is 40.0. The molecule has 0 saturated carbocycles. The van der Waals surface area contributed by atoms with Gasteiger partial charge in [-0.2, -0.15) is 4.74 Å². The first-order valence-corrected chi connectivity index (χ1v) is 14.5. The summed E-state index contributed by atoms with van der Waals surface area (Å²) in [6.07, 6.45) is 1.59. The number of anilines is 1. The summed E-state index contributed by atoms with van der Waals surface area (Å²) in [5, 5.41) is 2.67. The van der Waals surface area contributed by atoms with Crippen molar-refractivity contribution in [2.75, 3.05) is 37.7 Å². The Kier molecular flexibility index (Phi) is 7.72. The quantitative estimate of drug-likeness (QED) is 0.602. The maximum atomic E-state index is 12.7. The van der Waals surface area contributed by atoms with Crippen molar-refractivity contribution in [2.45, 2.75) is 52.5 Å². The molecule has 0 atom stereocenters. The minimum absolute atomic E-state index is 0.0512. The number of benzene rings is 1. The van der Waals surface area contributed by atoms with Gasteiger partial charge in [-0.15, -0.1) is 0 Å². The Balaban J connectivity index is 1.55. The number of hydrogen-bond acceptors (Lipinski definition) is 6. The minimum atomic E-state index is -1.95. The van der Waals surface area contributed by atoms with Gasteiger partial charge in [-0.05, 0) is 35.8 Å². The fourth-order valence-corrected chi connectivity index (χ4v) is 4.37. The molecule has 0 bridgehead atoms. The first kappa shape index (κ1) is 25.8. The molecule has 9 nitrogen and oxygen atoms in total. The summed E-state index contributed by atoms with van der Waals surface area (Å²) in [7, 11) is -1.95. The topological polar surface area (TPSA) is 97.0 Å². The molecule has 1 aliphatic rings. The molecule has 0 unspecified atom stereocenters. The molecule has 1 fully saturated rings. The van der Waals surface area contributed by atoms with E-state index in [0.29, 0.717) is 18.7 Å². The smallest absolute Gasteiger partial charge is 0.365 e. The fraction of sp³-hybridized carbons (Fsp3) is 0.542. The first-order chi connectivity index (χ1) is 15.9. The predicted octanol–water partition coefficient (Wildman–Crippen LogP) is 2.87. The van der Waals surface area contributed by atoms with Crippen LogP contribution in [0.1, 0.15) is 27.7 Å². The van der Waals surface area contributed by atoms with Gasteiger partial charge in [0.25, 0.3) is 0 Å². The highest BCUT2D eigenvalue weighted by Crippen LogP contribution is 2.36. The van der Waals surface area contributed by atoms with Crippen LogP contribution < -0.4 is 15.8 Å². The second kappa shape index (κ2) is 10.2. The van der Waals surface area contributed by atoms with Gasteiger partial charge in [-0.1, -0.05) is 32.9 Å². The molecule has 10 heteroatoms. The molecule has 0 spiro atoms. The Morgan fingerprint density at radius 3 is 2.26 bits per heavy atom. The van der Waals surface area contributed by atoms with Gasteiger partial charge in [0, 0.05) is 38.8 Å². The van der Waals surface area contributed by atoms with Crippen molar-refractivity contribution in [3.05, 3.63) is 40.9 Å². The summed E-state index contributed by atoms with van der Waals surface area (Å²) < 4.78 is 12.5. The summed E-state index contributed by atoms with van der Waals surface area (Å²) in [6, 6.07) is 7.71. The maximum absolute atomic E-state index is 12.7. The van der Waals surface area contributed by atoms with E-state index in [4.69, 9.17) is 8.95 Å². The van der Waals surface area contributed by atoms with Crippen LogP contribution in [0.5, 0.6) is 0 Å². The lowest BCUT2D eigenvalue weighted by Gasteiger charge is -2.38. The van der Waals surface area contributed by atoms with Crippen molar-refractivity contribution in [3.8, 4) is 11.1 Å². The fourth-order valence-electron chi connectivity index (χ4n) is 3.45. The van der Waals surface area contributed by atoms with E-state index in [1.54, 1.807) is 6.20 Å². The lowest BCUT2D eigenvalue weighted by molar-refractivity contribution is -0.134. The molecular weight excluding hydrogens is 452 g/mol. The van der Waals surface area contributed by atoms with Gasteiger partial charge in [0.05, 0.1) is 11.8 Å². The van der Waals surface area contributed by atoms with E-state index in [0.717, 1.165) is 24.3 Å². The van der Waals surface area contributed by atoms with Gasteiger partial charge in [0.15, 0.2) is 8.32 Å². The third-order valence-electron chi connectivity index (χ3n) is 6.72. The summed E-state index contributed by atoms with van der Waals surface area (Å²) in [5.74, 6) is -0.150. The third kappa shape index (κ3) is 6.18. The predicted molar refractivity (Wildman–Crippen MR) is 134 cm³/mol. The monoisotopic (exact) mass is 488 g/mol. The Morgan fingerprint density at radius 2 is 1.71 bits per heavy atom. The average Bonchev–Trinajstić information content (AvgIpc) is 3.16. The second-order valence-corrected chi connectivity index (χ2v) is 15.0. The molecule has 2 aromatic rings. The highest BCUT2D eigenvalue weighted by molar-refractivity contribution is 6.74. The number of piperazine rings is 1. The molecule has 0 aliphatic carbocycles. The van der Waals surface area contributed by atoms with E-state index < -0.39 is 13.9 Å². The first-order valence-electron chi connectivity index (χ1n) is 11.6. The standard InChI is InChI=1S/C24H36N4O5Si/c1-18(29)25-17-28-15-21(23(31)33-28)19-7-9-20(10-8-19)26-11-13-27(14-12-26)22(30)16-32-34(5,6)24(2,3)4/h7-10,15H,11-14,16-17H2,1-6H3,(H,25,29). The number of nitrogens with zero attached hydrogens (tertiary/aromatic N) is 3. The van der Waals surface area contributed by atoms with Crippen LogP contribution in [0.25, 0.3) is 11.1 Å². The van der Waals surface area contributed by atoms with E-state index in [1.165, 1.54) is 11.7 Å². The third-order valence-corrected chi connectivity index (χ3v) is 11.2. The molecular formula is C24H36N4O5Si. The molecule has 1 N–H and O–H groups in total. The van der Waals surface area contributed by atoms with Gasteiger partial charge in [-0.25, -0.2) is 4.79 Å². The van der Waals surface area contributed by atoms with Gasteiger partial charge < -0.3 is 24.1 Å². The summed E-state index contributed by atoms with van der Waals surface area (Å²) in [5.41, 5.74) is 1.77. The number of carbonyl (C=O) groups is 2. The lowest BCUT2D eigenvalue weighted by Crippen LogP contribution is -2.51. The van der Waals surface area contributed by atoms with Gasteiger partial charge in [0.2, 0.25) is 11.8 Å². The Bertz CT molecular complexity index is 1060. The molecule has 1 aromatic heterocycles. The molecule has 34 heavy (non-hydrogen) atoms. The van der Waals surface area contributed by atoms with Crippen LogP contribution in [-0.4, -0.2) is 62.6 Å². The number of nitrogens with one attached hydrogen (secondary N) is 1. The van der Waals surface area contributed by atoms with Crippen LogP contribution >= 0.6 is 0 Å². The number of amides is 2. The Hall–Kier alpha value is -2.85. The zero-order chi connectivity index (χ0) is 25.1. The van der Waals surface area contributed by atoms with Crippen LogP contribution in [0.15, 0.2) is 39.8 Å². The Morgan fingerprint density at radius 1 is 1.09 bits per heavy atom. The summed E-state index contributed by atoms with van der Waals surface area (Å²) >= 11 is 0. The zero-order valence-electron chi connectivity index (χ0n) is 21.0. The number of rotatable bonds is 7. The van der Waals surface area contributed by atoms with Crippen molar-refractivity contribution in [2.24, 2.45) is 0 Å². The van der Waals surface area contributed by atoms with Crippen molar-refractivity contribution in [3.63, 3.8) is 0 Å². The maximum Gasteiger partial charge on any atom is 0.365 e. The highest BCUT2D eigenvalue weighted by Gasteiger charge is 2.38. The lowest BCUT2D eigenvalue weighted by atomic mass is 10.1. The number of aromatic nitrogens is 1. The second-order valence-electron chi connectivity index (χ2n) is 10.2. The molecule has 186 valence electrons. The largest absolute Gasteiger partial charge is 0.408 e. The zero-order valence-corrected chi connectivity index (χ0v) is 22.0. The summed E-state index contributed by atoms with van der Waals surface area (Å²) in [6.45, 7) is 15.2. The molecule has 2 amide bonds. The van der Waals surface area contributed by atoms with Crippen LogP contribution in [0, 0.1) is 0 Å². The number of hydrogen-bond donors (Lipinski definition) is 1. The molecule has 1 aromatic carbocycles. The van der Waals surface area contributed by atoms with Crippen LogP contribution in [0.4, 0.5) is 5.69 Å². The Labute approximate surface area is 201 Å². The average molecular weight is 489 g/mol. The van der Waals surface area contributed by atoms with E-state index in [-0.39, 0.29) is 30.1 Å². The van der Waals surface area contributed by atoms with E-state index in [1.807, 2.05) is 29.2 Å². The van der Waals surface area contributed by atoms with Crippen molar-refractivity contribution < 1.29 is 18.5 Å². The molecule has 0 radical (unpaired) electrons. The molecule has 2 heterocycles. The number of carbonyl (C=O) groups excluding carboxylic acids is 2. The molecule has 1 saturated heterocycles. The van der Waals surface area contributed by atoms with Crippen molar-refractivity contribution >= 4 is 25.8 Å². The van der Waals surface area contributed by atoms with Crippen LogP contribution in [0.2, 0.25) is 18.1 Å². The van der Waals surface area contributed by atoms with Crippen LogP contribution in [0.3, 0.4) is 0 Å². The van der Waals surface area contributed by atoms with Crippen LogP contribution in [-0.2, 0) is 20.7 Å².